The van der Waals surface area contributed by atoms with Crippen molar-refractivity contribution in [2.45, 2.75) is 0 Å². The normalized spacial score (nSPS) is 14.9. The molecule has 0 aliphatic carbocycles. The van der Waals surface area contributed by atoms with Gasteiger partial charge >= 0.3 is 0 Å². The van der Waals surface area contributed by atoms with E-state index in [1.54, 1.807) is 18.7 Å². The number of ether oxygens (including phenoxy) is 2. The molecule has 0 unspecified atom stereocenters. The number of amides is 1. The van der Waals surface area contributed by atoms with Crippen LogP contribution in [0.25, 0.3) is 0 Å². The van der Waals surface area contributed by atoms with Crippen LogP contribution in [0.2, 0.25) is 0 Å². The molecule has 8 heteroatoms. The number of nitrogens with two attached hydrogens (primary N) is 1. The summed E-state index contributed by atoms with van der Waals surface area (Å²) in [5.41, 5.74) is 5.82. The van der Waals surface area contributed by atoms with E-state index in [2.05, 4.69) is 10.3 Å². The molecule has 0 spiro atoms. The van der Waals surface area contributed by atoms with Crippen LogP contribution in [0.15, 0.2) is 36.5 Å². The zero-order chi connectivity index (χ0) is 17.6. The van der Waals surface area contributed by atoms with Crippen LogP contribution in [0.4, 0.5) is 15.9 Å². The van der Waals surface area contributed by atoms with Gasteiger partial charge in [-0.3, -0.25) is 9.69 Å². The van der Waals surface area contributed by atoms with Crippen molar-refractivity contribution in [3.8, 4) is 11.5 Å². The summed E-state index contributed by atoms with van der Waals surface area (Å²) in [4.78, 5) is 18.1. The predicted molar refractivity (Wildman–Crippen MR) is 90.4 cm³/mol. The third-order valence-corrected chi connectivity index (χ3v) is 3.53. The molecule has 1 amide bonds. The Kier molecular flexibility index (Phi) is 5.42. The highest BCUT2D eigenvalue weighted by molar-refractivity contribution is 5.91. The average Bonchev–Trinajstić information content (AvgIpc) is 2.58. The van der Waals surface area contributed by atoms with E-state index in [-0.39, 0.29) is 18.2 Å². The molecule has 25 heavy (non-hydrogen) atoms. The number of carbonyl (C=O) groups excluding carboxylic acids is 1. The fraction of sp³-hybridized carbons (Fsp3) is 0.235. The van der Waals surface area contributed by atoms with Crippen LogP contribution in [0.3, 0.4) is 0 Å². The molecule has 2 heterocycles. The molecule has 1 aliphatic heterocycles. The summed E-state index contributed by atoms with van der Waals surface area (Å²) in [7, 11) is 0. The maximum absolute atomic E-state index is 13.8. The number of rotatable bonds is 5. The number of anilines is 2. The second-order valence-electron chi connectivity index (χ2n) is 5.49. The highest BCUT2D eigenvalue weighted by Crippen LogP contribution is 2.26. The van der Waals surface area contributed by atoms with Crippen LogP contribution < -0.4 is 15.8 Å². The van der Waals surface area contributed by atoms with E-state index in [9.17, 15) is 9.18 Å². The first-order chi connectivity index (χ1) is 12.1. The van der Waals surface area contributed by atoms with Crippen molar-refractivity contribution in [2.24, 2.45) is 0 Å². The van der Waals surface area contributed by atoms with Crippen LogP contribution in [0.1, 0.15) is 0 Å². The summed E-state index contributed by atoms with van der Waals surface area (Å²) in [5, 5.41) is 2.70. The van der Waals surface area contributed by atoms with Gasteiger partial charge < -0.3 is 20.5 Å². The smallest absolute Gasteiger partial charge is 0.239 e. The van der Waals surface area contributed by atoms with Gasteiger partial charge in [-0.25, -0.2) is 9.37 Å². The molecule has 3 N–H and O–H groups in total. The lowest BCUT2D eigenvalue weighted by molar-refractivity contribution is -0.117. The minimum Gasteiger partial charge on any atom is -0.454 e. The van der Waals surface area contributed by atoms with Crippen molar-refractivity contribution in [3.05, 3.63) is 49.0 Å². The summed E-state index contributed by atoms with van der Waals surface area (Å²) in [6.45, 7) is 3.77. The van der Waals surface area contributed by atoms with Crippen LogP contribution in [0.5, 0.6) is 11.5 Å². The van der Waals surface area contributed by atoms with Gasteiger partial charge in [-0.05, 0) is 18.2 Å². The SMILES string of the molecule is Nc1ccc(Oc2ccnc(NC(=O)CN3C[CH]OCC3)c2)c(F)c1. The summed E-state index contributed by atoms with van der Waals surface area (Å²) in [6.07, 6.45) is 1.47. The molecule has 7 nitrogen and oxygen atoms in total. The van der Waals surface area contributed by atoms with Gasteiger partial charge in [0.2, 0.25) is 5.91 Å². The highest BCUT2D eigenvalue weighted by Gasteiger charge is 2.15. The largest absolute Gasteiger partial charge is 0.454 e. The van der Waals surface area contributed by atoms with Crippen molar-refractivity contribution in [2.75, 3.05) is 37.3 Å². The number of benzene rings is 1. The fourth-order valence-corrected chi connectivity index (χ4v) is 2.31. The number of nitrogen functional groups attached to an aromatic ring is 1. The molecule has 1 saturated heterocycles. The summed E-state index contributed by atoms with van der Waals surface area (Å²) in [6, 6.07) is 7.26. The molecule has 1 aliphatic rings. The second-order valence-corrected chi connectivity index (χ2v) is 5.49. The molecule has 131 valence electrons. The first-order valence-electron chi connectivity index (χ1n) is 7.74. The Bertz CT molecular complexity index is 750. The second kappa shape index (κ2) is 7.91. The highest BCUT2D eigenvalue weighted by atomic mass is 19.1. The third kappa shape index (κ3) is 4.88. The Labute approximate surface area is 144 Å². The van der Waals surface area contributed by atoms with Crippen LogP contribution in [0, 0.1) is 12.4 Å². The zero-order valence-electron chi connectivity index (χ0n) is 13.4. The lowest BCUT2D eigenvalue weighted by atomic mass is 10.3. The summed E-state index contributed by atoms with van der Waals surface area (Å²) in [5.74, 6) is -0.0321. The number of carbonyl (C=O) groups is 1. The van der Waals surface area contributed by atoms with E-state index in [1.165, 1.54) is 24.4 Å². The van der Waals surface area contributed by atoms with Crippen molar-refractivity contribution < 1.29 is 18.7 Å². The van der Waals surface area contributed by atoms with Crippen molar-refractivity contribution in [1.29, 1.82) is 0 Å². The van der Waals surface area contributed by atoms with Gasteiger partial charge in [-0.1, -0.05) is 0 Å². The third-order valence-electron chi connectivity index (χ3n) is 3.53. The first kappa shape index (κ1) is 17.1. The lowest BCUT2D eigenvalue weighted by Crippen LogP contribution is -2.39. The molecule has 1 fully saturated rings. The first-order valence-corrected chi connectivity index (χ1v) is 7.74. The molecule has 0 atom stereocenters. The number of aromatic nitrogens is 1. The number of morpholine rings is 1. The van der Waals surface area contributed by atoms with Gasteiger partial charge in [0.15, 0.2) is 11.6 Å². The van der Waals surface area contributed by atoms with Gasteiger partial charge in [-0.15, -0.1) is 0 Å². The zero-order valence-corrected chi connectivity index (χ0v) is 13.4. The maximum Gasteiger partial charge on any atom is 0.239 e. The molecular weight excluding hydrogens is 327 g/mol. The Morgan fingerprint density at radius 2 is 2.28 bits per heavy atom. The van der Waals surface area contributed by atoms with E-state index in [0.717, 1.165) is 0 Å². The Hall–Kier alpha value is -2.71. The Balaban J connectivity index is 1.61. The molecule has 2 aromatic rings. The number of pyridine rings is 1. The number of halogens is 1. The summed E-state index contributed by atoms with van der Waals surface area (Å²) >= 11 is 0. The molecule has 1 aromatic heterocycles. The minimum absolute atomic E-state index is 0.0431. The fourth-order valence-electron chi connectivity index (χ4n) is 2.31. The standard InChI is InChI=1S/C17H18FN4O3/c18-14-9-12(19)1-2-15(14)25-13-3-4-20-16(10-13)21-17(23)11-22-5-7-24-8-6-22/h1-4,7,9-10H,5-6,8,11,19H2,(H,20,21,23). The average molecular weight is 345 g/mol. The Morgan fingerprint density at radius 3 is 3.04 bits per heavy atom. The molecule has 0 saturated carbocycles. The van der Waals surface area contributed by atoms with E-state index < -0.39 is 5.82 Å². The van der Waals surface area contributed by atoms with Crippen LogP contribution in [-0.4, -0.2) is 42.0 Å². The van der Waals surface area contributed by atoms with Crippen molar-refractivity contribution in [1.82, 2.24) is 9.88 Å². The lowest BCUT2D eigenvalue weighted by Gasteiger charge is -2.25. The monoisotopic (exact) mass is 345 g/mol. The van der Waals surface area contributed by atoms with Crippen molar-refractivity contribution >= 4 is 17.4 Å². The van der Waals surface area contributed by atoms with E-state index in [4.69, 9.17) is 15.2 Å². The minimum atomic E-state index is -0.564. The Morgan fingerprint density at radius 1 is 1.40 bits per heavy atom. The topological polar surface area (TPSA) is 89.7 Å². The summed E-state index contributed by atoms with van der Waals surface area (Å²) < 4.78 is 24.4. The van der Waals surface area contributed by atoms with E-state index >= 15 is 0 Å². The van der Waals surface area contributed by atoms with Gasteiger partial charge in [0.1, 0.15) is 11.6 Å². The van der Waals surface area contributed by atoms with E-state index in [0.29, 0.717) is 37.0 Å². The number of hydrogen-bond donors (Lipinski definition) is 2. The molecular formula is C17H18FN4O3. The van der Waals surface area contributed by atoms with Gasteiger partial charge in [0.05, 0.1) is 19.8 Å². The number of nitrogens with one attached hydrogen (secondary N) is 1. The molecule has 1 radical (unpaired) electrons. The van der Waals surface area contributed by atoms with Crippen LogP contribution >= 0.6 is 0 Å². The van der Waals surface area contributed by atoms with Gasteiger partial charge in [-0.2, -0.15) is 0 Å². The quantitative estimate of drug-likeness (QED) is 0.806. The predicted octanol–water partition coefficient (Wildman–Crippen LogP) is 2.03. The van der Waals surface area contributed by atoms with Crippen molar-refractivity contribution in [3.63, 3.8) is 0 Å². The maximum atomic E-state index is 13.8. The van der Waals surface area contributed by atoms with E-state index in [1.807, 2.05) is 4.90 Å². The van der Waals surface area contributed by atoms with Gasteiger partial charge in [0, 0.05) is 37.1 Å². The van der Waals surface area contributed by atoms with Crippen LogP contribution in [-0.2, 0) is 9.53 Å². The molecule has 3 rings (SSSR count). The number of nitrogens with zero attached hydrogens (tertiary/aromatic N) is 2. The van der Waals surface area contributed by atoms with Gasteiger partial charge in [0.25, 0.3) is 0 Å². The number of hydrogen-bond acceptors (Lipinski definition) is 6. The molecule has 0 bridgehead atoms. The molecule has 1 aromatic carbocycles.